The van der Waals surface area contributed by atoms with E-state index < -0.39 is 0 Å². The lowest BCUT2D eigenvalue weighted by molar-refractivity contribution is 0.414. The molecule has 0 aliphatic carbocycles. The lowest BCUT2D eigenvalue weighted by atomic mass is 10.1. The molecule has 0 bridgehead atoms. The molecule has 2 rings (SSSR count). The van der Waals surface area contributed by atoms with Crippen LogP contribution in [0, 0.1) is 0 Å². The maximum atomic E-state index is 5.29. The second-order valence-corrected chi connectivity index (χ2v) is 3.78. The smallest absolute Gasteiger partial charge is 0.118 e. The molecule has 0 fully saturated rings. The van der Waals surface area contributed by atoms with Crippen molar-refractivity contribution in [1.82, 2.24) is 0 Å². The van der Waals surface area contributed by atoms with Gasteiger partial charge in [-0.15, -0.1) is 0 Å². The van der Waals surface area contributed by atoms with E-state index in [4.69, 9.17) is 9.15 Å². The van der Waals surface area contributed by atoms with Crippen LogP contribution in [-0.2, 0) is 12.8 Å². The van der Waals surface area contributed by atoms with Gasteiger partial charge in [0, 0.05) is 6.42 Å². The highest BCUT2D eigenvalue weighted by Crippen LogP contribution is 2.13. The summed E-state index contributed by atoms with van der Waals surface area (Å²) in [6, 6.07) is 12.2. The highest BCUT2D eigenvalue weighted by atomic mass is 16.5. The molecule has 0 amide bonds. The average Bonchev–Trinajstić information content (AvgIpc) is 2.83. The SMILES string of the molecule is COc1ccc(CCCc2ccco2)cc1. The fourth-order valence-electron chi connectivity index (χ4n) is 1.71. The standard InChI is InChI=1S/C14H16O2/c1-15-13-9-7-12(8-10-13)4-2-5-14-6-3-11-16-14/h3,6-11H,2,4-5H2,1H3. The van der Waals surface area contributed by atoms with E-state index in [1.54, 1.807) is 13.4 Å². The molecule has 0 aliphatic rings. The quantitative estimate of drug-likeness (QED) is 0.763. The van der Waals surface area contributed by atoms with Gasteiger partial charge in [-0.1, -0.05) is 12.1 Å². The van der Waals surface area contributed by atoms with Gasteiger partial charge in [-0.25, -0.2) is 0 Å². The fraction of sp³-hybridized carbons (Fsp3) is 0.286. The molecule has 16 heavy (non-hydrogen) atoms. The number of hydrogen-bond acceptors (Lipinski definition) is 2. The minimum Gasteiger partial charge on any atom is -0.497 e. The van der Waals surface area contributed by atoms with E-state index in [-0.39, 0.29) is 0 Å². The highest BCUT2D eigenvalue weighted by Gasteiger charge is 1.98. The molecule has 1 aromatic carbocycles. The summed E-state index contributed by atoms with van der Waals surface area (Å²) in [4.78, 5) is 0. The molecule has 0 unspecified atom stereocenters. The Balaban J connectivity index is 1.81. The van der Waals surface area contributed by atoms with Gasteiger partial charge in [-0.2, -0.15) is 0 Å². The normalized spacial score (nSPS) is 10.3. The summed E-state index contributed by atoms with van der Waals surface area (Å²) >= 11 is 0. The Kier molecular flexibility index (Phi) is 3.65. The van der Waals surface area contributed by atoms with E-state index in [0.717, 1.165) is 30.8 Å². The van der Waals surface area contributed by atoms with Crippen molar-refractivity contribution in [3.8, 4) is 5.75 Å². The van der Waals surface area contributed by atoms with Gasteiger partial charge >= 0.3 is 0 Å². The average molecular weight is 216 g/mol. The number of rotatable bonds is 5. The summed E-state index contributed by atoms with van der Waals surface area (Å²) in [6.45, 7) is 0. The summed E-state index contributed by atoms with van der Waals surface area (Å²) in [5.41, 5.74) is 1.34. The van der Waals surface area contributed by atoms with Crippen molar-refractivity contribution in [2.24, 2.45) is 0 Å². The number of furan rings is 1. The van der Waals surface area contributed by atoms with Gasteiger partial charge in [0.1, 0.15) is 11.5 Å². The molecule has 2 nitrogen and oxygen atoms in total. The van der Waals surface area contributed by atoms with Gasteiger partial charge in [0.05, 0.1) is 13.4 Å². The zero-order valence-corrected chi connectivity index (χ0v) is 9.48. The summed E-state index contributed by atoms with van der Waals surface area (Å²) in [5, 5.41) is 0. The first-order chi connectivity index (χ1) is 7.88. The van der Waals surface area contributed by atoms with E-state index in [9.17, 15) is 0 Å². The van der Waals surface area contributed by atoms with Crippen molar-refractivity contribution >= 4 is 0 Å². The van der Waals surface area contributed by atoms with Gasteiger partial charge in [-0.05, 0) is 42.7 Å². The van der Waals surface area contributed by atoms with Crippen LogP contribution in [0.5, 0.6) is 5.75 Å². The van der Waals surface area contributed by atoms with Gasteiger partial charge < -0.3 is 9.15 Å². The Morgan fingerprint density at radius 2 is 1.88 bits per heavy atom. The summed E-state index contributed by atoms with van der Waals surface area (Å²) < 4.78 is 10.4. The molecule has 0 radical (unpaired) electrons. The topological polar surface area (TPSA) is 22.4 Å². The zero-order chi connectivity index (χ0) is 11.2. The van der Waals surface area contributed by atoms with Gasteiger partial charge in [0.15, 0.2) is 0 Å². The molecule has 0 N–H and O–H groups in total. The molecule has 1 heterocycles. The zero-order valence-electron chi connectivity index (χ0n) is 9.48. The molecule has 0 saturated heterocycles. The summed E-state index contributed by atoms with van der Waals surface area (Å²) in [5.74, 6) is 1.98. The third-order valence-electron chi connectivity index (χ3n) is 2.63. The molecule has 1 aromatic heterocycles. The van der Waals surface area contributed by atoms with Crippen LogP contribution in [0.1, 0.15) is 17.7 Å². The van der Waals surface area contributed by atoms with Crippen LogP contribution in [0.15, 0.2) is 47.1 Å². The number of benzene rings is 1. The van der Waals surface area contributed by atoms with E-state index in [1.807, 2.05) is 24.3 Å². The number of hydrogen-bond donors (Lipinski definition) is 0. The Labute approximate surface area is 95.9 Å². The maximum absolute atomic E-state index is 5.29. The Morgan fingerprint density at radius 1 is 1.06 bits per heavy atom. The summed E-state index contributed by atoms with van der Waals surface area (Å²) in [7, 11) is 1.69. The van der Waals surface area contributed by atoms with E-state index in [0.29, 0.717) is 0 Å². The van der Waals surface area contributed by atoms with Crippen LogP contribution >= 0.6 is 0 Å². The van der Waals surface area contributed by atoms with Crippen LogP contribution in [0.4, 0.5) is 0 Å². The van der Waals surface area contributed by atoms with E-state index in [2.05, 4.69) is 12.1 Å². The third kappa shape index (κ3) is 2.89. The van der Waals surface area contributed by atoms with Crippen molar-refractivity contribution in [3.05, 3.63) is 54.0 Å². The van der Waals surface area contributed by atoms with E-state index >= 15 is 0 Å². The van der Waals surface area contributed by atoms with Gasteiger partial charge in [-0.3, -0.25) is 0 Å². The molecule has 0 saturated carbocycles. The van der Waals surface area contributed by atoms with Gasteiger partial charge in [0.25, 0.3) is 0 Å². The molecule has 0 spiro atoms. The summed E-state index contributed by atoms with van der Waals surface area (Å²) in [6.07, 6.45) is 4.91. The number of ether oxygens (including phenoxy) is 1. The maximum Gasteiger partial charge on any atom is 0.118 e. The molecular formula is C14H16O2. The minimum atomic E-state index is 0.912. The van der Waals surface area contributed by atoms with Crippen molar-refractivity contribution in [2.45, 2.75) is 19.3 Å². The highest BCUT2D eigenvalue weighted by molar-refractivity contribution is 5.27. The predicted molar refractivity (Wildman–Crippen MR) is 63.7 cm³/mol. The molecule has 2 aromatic rings. The molecule has 84 valence electrons. The van der Waals surface area contributed by atoms with Crippen molar-refractivity contribution in [1.29, 1.82) is 0 Å². The Bertz CT molecular complexity index is 401. The Morgan fingerprint density at radius 3 is 2.50 bits per heavy atom. The first kappa shape index (κ1) is 10.8. The first-order valence-electron chi connectivity index (χ1n) is 5.54. The van der Waals surface area contributed by atoms with Crippen molar-refractivity contribution in [2.75, 3.05) is 7.11 Å². The van der Waals surface area contributed by atoms with Crippen LogP contribution < -0.4 is 4.74 Å². The van der Waals surface area contributed by atoms with Crippen molar-refractivity contribution in [3.63, 3.8) is 0 Å². The lowest BCUT2D eigenvalue weighted by Crippen LogP contribution is -1.89. The monoisotopic (exact) mass is 216 g/mol. The predicted octanol–water partition coefficient (Wildman–Crippen LogP) is 3.46. The van der Waals surface area contributed by atoms with Crippen LogP contribution in [0.25, 0.3) is 0 Å². The van der Waals surface area contributed by atoms with Crippen molar-refractivity contribution < 1.29 is 9.15 Å². The third-order valence-corrected chi connectivity index (χ3v) is 2.63. The molecule has 0 aliphatic heterocycles. The van der Waals surface area contributed by atoms with Crippen LogP contribution in [0.2, 0.25) is 0 Å². The number of aryl methyl sites for hydroxylation is 2. The second-order valence-electron chi connectivity index (χ2n) is 3.78. The second kappa shape index (κ2) is 5.40. The lowest BCUT2D eigenvalue weighted by Gasteiger charge is -2.02. The largest absolute Gasteiger partial charge is 0.497 e. The molecule has 2 heteroatoms. The first-order valence-corrected chi connectivity index (χ1v) is 5.54. The molecule has 0 atom stereocenters. The Hall–Kier alpha value is -1.70. The molecular weight excluding hydrogens is 200 g/mol. The minimum absolute atomic E-state index is 0.912. The number of methoxy groups -OCH3 is 1. The van der Waals surface area contributed by atoms with Crippen LogP contribution in [0.3, 0.4) is 0 Å². The van der Waals surface area contributed by atoms with Crippen LogP contribution in [-0.4, -0.2) is 7.11 Å². The van der Waals surface area contributed by atoms with E-state index in [1.165, 1.54) is 5.56 Å². The fourth-order valence-corrected chi connectivity index (χ4v) is 1.71. The van der Waals surface area contributed by atoms with Gasteiger partial charge in [0.2, 0.25) is 0 Å².